The Labute approximate surface area is 245 Å². The molecule has 0 aliphatic rings. The van der Waals surface area contributed by atoms with Crippen molar-refractivity contribution >= 4 is 52.3 Å². The van der Waals surface area contributed by atoms with E-state index < -0.39 is 61.9 Å². The average Bonchev–Trinajstić information content (AvgIpc) is 3.00. The zero-order valence-electron chi connectivity index (χ0n) is 22.0. The minimum Gasteiger partial charge on any atom is -0.478 e. The number of ketones is 1. The van der Waals surface area contributed by atoms with E-state index in [1.165, 1.54) is 24.3 Å². The second-order valence-corrected chi connectivity index (χ2v) is 8.92. The minimum absolute atomic E-state index is 0.174. The van der Waals surface area contributed by atoms with Gasteiger partial charge in [-0.25, -0.2) is 9.59 Å². The average molecular weight is 598 g/mol. The lowest BCUT2D eigenvalue weighted by atomic mass is 9.98. The lowest BCUT2D eigenvalue weighted by molar-refractivity contribution is -0.385. The lowest BCUT2D eigenvalue weighted by Gasteiger charge is -2.13. The number of hydrogen-bond acceptors (Lipinski definition) is 9. The molecule has 0 bridgehead atoms. The predicted molar refractivity (Wildman–Crippen MR) is 152 cm³/mol. The third-order valence-electron chi connectivity index (χ3n) is 6.21. The molecule has 0 saturated carbocycles. The van der Waals surface area contributed by atoms with Crippen LogP contribution in [0.3, 0.4) is 0 Å². The Morgan fingerprint density at radius 3 is 1.25 bits per heavy atom. The molecule has 0 heterocycles. The van der Waals surface area contributed by atoms with Gasteiger partial charge >= 0.3 is 11.9 Å². The Morgan fingerprint density at radius 2 is 0.909 bits per heavy atom. The van der Waals surface area contributed by atoms with Crippen molar-refractivity contribution in [2.45, 2.75) is 0 Å². The predicted octanol–water partition coefficient (Wildman–Crippen LogP) is 4.64. The topological polar surface area (TPSA) is 236 Å². The van der Waals surface area contributed by atoms with Crippen LogP contribution in [0.1, 0.15) is 57.4 Å². The van der Waals surface area contributed by atoms with E-state index in [1.54, 1.807) is 0 Å². The van der Waals surface area contributed by atoms with Gasteiger partial charge in [-0.05, 0) is 36.4 Å². The summed E-state index contributed by atoms with van der Waals surface area (Å²) in [5.74, 6) is -5.79. The van der Waals surface area contributed by atoms with Gasteiger partial charge in [0.05, 0.1) is 32.3 Å². The highest BCUT2D eigenvalue weighted by Gasteiger charge is 2.25. The number of nitro groups is 2. The molecule has 220 valence electrons. The number of amides is 2. The van der Waals surface area contributed by atoms with Crippen molar-refractivity contribution in [1.29, 1.82) is 0 Å². The van der Waals surface area contributed by atoms with Gasteiger partial charge in [0.2, 0.25) is 0 Å². The Kier molecular flexibility index (Phi) is 8.51. The first-order valence-corrected chi connectivity index (χ1v) is 12.3. The lowest BCUT2D eigenvalue weighted by Crippen LogP contribution is -2.18. The van der Waals surface area contributed by atoms with Crippen LogP contribution in [0.4, 0.5) is 22.7 Å². The molecule has 4 N–H and O–H groups in total. The van der Waals surface area contributed by atoms with Gasteiger partial charge < -0.3 is 20.8 Å². The molecule has 44 heavy (non-hydrogen) atoms. The zero-order valence-corrected chi connectivity index (χ0v) is 22.0. The van der Waals surface area contributed by atoms with Crippen molar-refractivity contribution in [2.75, 3.05) is 10.6 Å². The Balaban J connectivity index is 1.70. The monoisotopic (exact) mass is 598 g/mol. The van der Waals surface area contributed by atoms with Crippen molar-refractivity contribution in [3.63, 3.8) is 0 Å². The second kappa shape index (κ2) is 12.4. The van der Waals surface area contributed by atoms with Gasteiger partial charge in [0, 0.05) is 23.3 Å². The van der Waals surface area contributed by atoms with Gasteiger partial charge in [0.15, 0.2) is 5.78 Å². The quantitative estimate of drug-likeness (QED) is 0.111. The third-order valence-corrected chi connectivity index (χ3v) is 6.21. The summed E-state index contributed by atoms with van der Waals surface area (Å²) < 4.78 is 0. The van der Waals surface area contributed by atoms with Crippen molar-refractivity contribution in [3.05, 3.63) is 139 Å². The maximum absolute atomic E-state index is 13.4. The molecule has 15 nitrogen and oxygen atoms in total. The molecule has 0 aliphatic heterocycles. The second-order valence-electron chi connectivity index (χ2n) is 8.92. The fraction of sp³-hybridized carbons (Fsp3) is 0. The summed E-state index contributed by atoms with van der Waals surface area (Å²) >= 11 is 0. The van der Waals surface area contributed by atoms with Crippen LogP contribution in [-0.2, 0) is 0 Å². The number of carbonyl (C=O) groups is 5. The van der Waals surface area contributed by atoms with Gasteiger partial charge in [-0.1, -0.05) is 36.4 Å². The Hall–Kier alpha value is -6.77. The number of anilines is 2. The standard InChI is InChI=1S/C29H18N4O11/c34-25(15-9-11-17(28(37)38)21(13-15)30-26(35)19-5-1-3-7-23(19)32(41)42)16-10-12-18(29(39)40)22(14-16)31-27(36)20-6-2-4-8-24(20)33(43)44/h1-14H,(H,30,35)(H,31,36)(H,37,38)(H,39,40). The number of para-hydroxylation sites is 2. The van der Waals surface area contributed by atoms with E-state index >= 15 is 0 Å². The molecule has 0 atom stereocenters. The van der Waals surface area contributed by atoms with E-state index in [2.05, 4.69) is 10.6 Å². The summed E-state index contributed by atoms with van der Waals surface area (Å²) in [6.07, 6.45) is 0. The zero-order chi connectivity index (χ0) is 32.1. The largest absolute Gasteiger partial charge is 0.478 e. The molecule has 4 rings (SSSR count). The van der Waals surface area contributed by atoms with Crippen LogP contribution in [0.5, 0.6) is 0 Å². The van der Waals surface area contributed by atoms with E-state index in [4.69, 9.17) is 0 Å². The normalized spacial score (nSPS) is 10.4. The molecule has 0 aromatic heterocycles. The smallest absolute Gasteiger partial charge is 0.337 e. The fourth-order valence-corrected chi connectivity index (χ4v) is 4.15. The number of nitrogens with zero attached hydrogens (tertiary/aromatic N) is 2. The van der Waals surface area contributed by atoms with Crippen LogP contribution in [0.2, 0.25) is 0 Å². The molecular weight excluding hydrogens is 580 g/mol. The number of aromatic carboxylic acids is 2. The summed E-state index contributed by atoms with van der Waals surface area (Å²) in [5.41, 5.74) is -3.76. The van der Waals surface area contributed by atoms with Crippen molar-refractivity contribution in [1.82, 2.24) is 0 Å². The first-order valence-electron chi connectivity index (χ1n) is 12.3. The number of benzene rings is 4. The molecule has 4 aromatic rings. The van der Waals surface area contributed by atoms with Gasteiger partial charge in [-0.2, -0.15) is 0 Å². The molecule has 4 aromatic carbocycles. The molecule has 0 spiro atoms. The number of hydrogen-bond donors (Lipinski definition) is 4. The maximum Gasteiger partial charge on any atom is 0.337 e. The van der Waals surface area contributed by atoms with E-state index in [0.29, 0.717) is 0 Å². The molecule has 0 fully saturated rings. The number of carboxylic acids is 2. The number of carbonyl (C=O) groups excluding carboxylic acids is 3. The van der Waals surface area contributed by atoms with Gasteiger partial charge in [0.1, 0.15) is 11.1 Å². The van der Waals surface area contributed by atoms with E-state index in [9.17, 15) is 54.4 Å². The molecule has 0 aliphatic carbocycles. The summed E-state index contributed by atoms with van der Waals surface area (Å²) in [6, 6.07) is 16.2. The fourth-order valence-electron chi connectivity index (χ4n) is 4.15. The summed E-state index contributed by atoms with van der Waals surface area (Å²) in [7, 11) is 0. The first kappa shape index (κ1) is 30.2. The molecule has 15 heteroatoms. The van der Waals surface area contributed by atoms with Gasteiger partial charge in [-0.3, -0.25) is 34.6 Å². The maximum atomic E-state index is 13.4. The van der Waals surface area contributed by atoms with Gasteiger partial charge in [0.25, 0.3) is 23.2 Å². The Morgan fingerprint density at radius 1 is 0.545 bits per heavy atom. The third kappa shape index (κ3) is 6.26. The highest BCUT2D eigenvalue weighted by atomic mass is 16.6. The summed E-state index contributed by atoms with van der Waals surface area (Å²) in [6.45, 7) is 0. The SMILES string of the molecule is O=C(c1ccc(C(=O)O)c(NC(=O)c2ccccc2[N+](=O)[O-])c1)c1ccc(C(=O)O)c(NC(=O)c2ccccc2[N+](=O)[O-])c1. The number of nitrogens with one attached hydrogen (secondary N) is 2. The van der Waals surface area contributed by atoms with Crippen molar-refractivity contribution in [2.24, 2.45) is 0 Å². The van der Waals surface area contributed by atoms with Crippen LogP contribution in [-0.4, -0.2) is 49.6 Å². The number of rotatable bonds is 10. The van der Waals surface area contributed by atoms with E-state index in [1.807, 2.05) is 0 Å². The number of carboxylic acid groups (broad SMARTS) is 2. The Bertz CT molecular complexity index is 1770. The minimum atomic E-state index is -1.48. The van der Waals surface area contributed by atoms with Crippen LogP contribution in [0.25, 0.3) is 0 Å². The molecule has 0 radical (unpaired) electrons. The summed E-state index contributed by atoms with van der Waals surface area (Å²) in [4.78, 5) is 83.9. The van der Waals surface area contributed by atoms with Crippen molar-refractivity contribution in [3.8, 4) is 0 Å². The first-order chi connectivity index (χ1) is 20.9. The van der Waals surface area contributed by atoms with Crippen LogP contribution >= 0.6 is 0 Å². The summed E-state index contributed by atoms with van der Waals surface area (Å²) in [5, 5.41) is 46.4. The van der Waals surface area contributed by atoms with Crippen molar-refractivity contribution < 1.29 is 44.0 Å². The number of nitro benzene ring substituents is 2. The van der Waals surface area contributed by atoms with Crippen LogP contribution in [0, 0.1) is 20.2 Å². The molecule has 0 unspecified atom stereocenters. The highest BCUT2D eigenvalue weighted by molar-refractivity contribution is 6.15. The van der Waals surface area contributed by atoms with Gasteiger partial charge in [-0.15, -0.1) is 0 Å². The van der Waals surface area contributed by atoms with Crippen LogP contribution < -0.4 is 10.6 Å². The van der Waals surface area contributed by atoms with Crippen LogP contribution in [0.15, 0.2) is 84.9 Å². The highest BCUT2D eigenvalue weighted by Crippen LogP contribution is 2.27. The molecule has 2 amide bonds. The molecular formula is C29H18N4O11. The van der Waals surface area contributed by atoms with E-state index in [0.717, 1.165) is 60.7 Å². The van der Waals surface area contributed by atoms with E-state index in [-0.39, 0.29) is 33.6 Å². The molecule has 0 saturated heterocycles.